The van der Waals surface area contributed by atoms with Crippen LogP contribution in [-0.4, -0.2) is 21.3 Å². The van der Waals surface area contributed by atoms with Crippen molar-refractivity contribution in [3.8, 4) is 11.5 Å². The second-order valence-corrected chi connectivity index (χ2v) is 4.91. The van der Waals surface area contributed by atoms with Crippen LogP contribution in [-0.2, 0) is 0 Å². The van der Waals surface area contributed by atoms with Gasteiger partial charge in [0.15, 0.2) is 0 Å². The van der Waals surface area contributed by atoms with Gasteiger partial charge in [-0.15, -0.1) is 0 Å². The van der Waals surface area contributed by atoms with Gasteiger partial charge in [0.1, 0.15) is 17.3 Å². The molecule has 112 valence electrons. The van der Waals surface area contributed by atoms with Gasteiger partial charge < -0.3 is 20.1 Å². The molecule has 0 aliphatic carbocycles. The van der Waals surface area contributed by atoms with Crippen LogP contribution in [0.2, 0.25) is 0 Å². The van der Waals surface area contributed by atoms with E-state index in [2.05, 4.69) is 10.5 Å². The maximum atomic E-state index is 12.3. The number of aryl methyl sites for hydroxylation is 2. The van der Waals surface area contributed by atoms with Gasteiger partial charge in [-0.3, -0.25) is 4.79 Å². The molecular weight excluding hydrogens is 272 g/mol. The molecule has 0 spiro atoms. The van der Waals surface area contributed by atoms with E-state index in [0.29, 0.717) is 12.2 Å². The predicted molar refractivity (Wildman–Crippen MR) is 76.2 cm³/mol. The van der Waals surface area contributed by atoms with Gasteiger partial charge in [0.05, 0.1) is 11.7 Å². The van der Waals surface area contributed by atoms with E-state index in [1.54, 1.807) is 6.92 Å². The number of aromatic hydroxyl groups is 2. The Morgan fingerprint density at radius 2 is 1.90 bits per heavy atom. The first-order chi connectivity index (χ1) is 9.92. The van der Waals surface area contributed by atoms with E-state index in [9.17, 15) is 15.0 Å². The number of phenolic OH excluding ortho intramolecular Hbond substituents is 2. The lowest BCUT2D eigenvalue weighted by Gasteiger charge is -2.17. The fraction of sp³-hybridized carbons (Fsp3) is 0.333. The second-order valence-electron chi connectivity index (χ2n) is 4.91. The Morgan fingerprint density at radius 1 is 1.29 bits per heavy atom. The van der Waals surface area contributed by atoms with E-state index in [1.165, 1.54) is 18.2 Å². The van der Waals surface area contributed by atoms with E-state index in [0.717, 1.165) is 11.3 Å². The van der Waals surface area contributed by atoms with Crippen molar-refractivity contribution >= 4 is 5.91 Å². The summed E-state index contributed by atoms with van der Waals surface area (Å²) in [5.41, 5.74) is 1.78. The summed E-state index contributed by atoms with van der Waals surface area (Å²) in [6, 6.07) is 3.53. The Morgan fingerprint density at radius 3 is 2.38 bits per heavy atom. The Kier molecular flexibility index (Phi) is 4.16. The fourth-order valence-electron chi connectivity index (χ4n) is 2.33. The third-order valence-corrected chi connectivity index (χ3v) is 3.32. The summed E-state index contributed by atoms with van der Waals surface area (Å²) >= 11 is 0. The number of amides is 1. The number of aromatic nitrogens is 1. The lowest BCUT2D eigenvalue weighted by Crippen LogP contribution is -2.28. The molecule has 1 aromatic heterocycles. The summed E-state index contributed by atoms with van der Waals surface area (Å²) in [7, 11) is 0. The zero-order valence-corrected chi connectivity index (χ0v) is 12.2. The summed E-state index contributed by atoms with van der Waals surface area (Å²) in [5.74, 6) is -0.0393. The first kappa shape index (κ1) is 14.9. The van der Waals surface area contributed by atoms with Gasteiger partial charge in [0.2, 0.25) is 0 Å². The van der Waals surface area contributed by atoms with Gasteiger partial charge in [0.25, 0.3) is 5.91 Å². The maximum Gasteiger partial charge on any atom is 0.252 e. The summed E-state index contributed by atoms with van der Waals surface area (Å²) in [6.45, 7) is 5.56. The second kappa shape index (κ2) is 5.87. The smallest absolute Gasteiger partial charge is 0.252 e. The third-order valence-electron chi connectivity index (χ3n) is 3.32. The lowest BCUT2D eigenvalue weighted by atomic mass is 10.0. The molecular formula is C15H18N2O4. The number of benzene rings is 1. The fourth-order valence-corrected chi connectivity index (χ4v) is 2.33. The molecule has 2 rings (SSSR count). The van der Waals surface area contributed by atoms with Gasteiger partial charge in [0, 0.05) is 17.2 Å². The molecule has 3 N–H and O–H groups in total. The molecule has 6 nitrogen and oxygen atoms in total. The Balaban J connectivity index is 2.24. The number of nitrogens with zero attached hydrogens (tertiary/aromatic N) is 1. The molecule has 0 aliphatic rings. The molecule has 0 saturated carbocycles. The largest absolute Gasteiger partial charge is 0.508 e. The number of nitrogens with one attached hydrogen (secondary N) is 1. The number of carbonyl (C=O) groups excluding carboxylic acids is 1. The van der Waals surface area contributed by atoms with Crippen LogP contribution >= 0.6 is 0 Å². The Bertz CT molecular complexity index is 624. The van der Waals surface area contributed by atoms with Crippen LogP contribution in [0.15, 0.2) is 22.7 Å². The highest BCUT2D eigenvalue weighted by molar-refractivity contribution is 5.95. The van der Waals surface area contributed by atoms with Crippen molar-refractivity contribution in [1.82, 2.24) is 10.5 Å². The molecule has 0 saturated heterocycles. The van der Waals surface area contributed by atoms with Gasteiger partial charge in [-0.05, 0) is 32.4 Å². The van der Waals surface area contributed by atoms with Crippen molar-refractivity contribution in [2.45, 2.75) is 33.2 Å². The molecule has 0 bridgehead atoms. The molecule has 6 heteroatoms. The lowest BCUT2D eigenvalue weighted by molar-refractivity contribution is 0.0934. The van der Waals surface area contributed by atoms with Crippen LogP contribution in [0.5, 0.6) is 11.5 Å². The number of carbonyl (C=O) groups is 1. The highest BCUT2D eigenvalue weighted by Gasteiger charge is 2.21. The van der Waals surface area contributed by atoms with Crippen molar-refractivity contribution < 1.29 is 19.5 Å². The van der Waals surface area contributed by atoms with Crippen molar-refractivity contribution in [1.29, 1.82) is 0 Å². The minimum absolute atomic E-state index is 0.162. The minimum Gasteiger partial charge on any atom is -0.508 e. The predicted octanol–water partition coefficient (Wildman–Crippen LogP) is 2.58. The van der Waals surface area contributed by atoms with Crippen molar-refractivity contribution in [2.75, 3.05) is 0 Å². The van der Waals surface area contributed by atoms with E-state index < -0.39 is 0 Å². The van der Waals surface area contributed by atoms with Crippen LogP contribution in [0.4, 0.5) is 0 Å². The van der Waals surface area contributed by atoms with Gasteiger partial charge >= 0.3 is 0 Å². The number of rotatable bonds is 4. The van der Waals surface area contributed by atoms with Crippen LogP contribution in [0.3, 0.4) is 0 Å². The minimum atomic E-state index is -0.381. The summed E-state index contributed by atoms with van der Waals surface area (Å²) in [4.78, 5) is 12.3. The highest BCUT2D eigenvalue weighted by atomic mass is 16.5. The summed E-state index contributed by atoms with van der Waals surface area (Å²) < 4.78 is 5.12. The zero-order chi connectivity index (χ0) is 15.6. The van der Waals surface area contributed by atoms with E-state index >= 15 is 0 Å². The number of hydrogen-bond acceptors (Lipinski definition) is 5. The van der Waals surface area contributed by atoms with Gasteiger partial charge in [-0.1, -0.05) is 12.1 Å². The van der Waals surface area contributed by atoms with Gasteiger partial charge in [-0.25, -0.2) is 0 Å². The van der Waals surface area contributed by atoms with Crippen molar-refractivity contribution in [2.24, 2.45) is 0 Å². The monoisotopic (exact) mass is 290 g/mol. The summed E-state index contributed by atoms with van der Waals surface area (Å²) in [6.07, 6.45) is 0.666. The van der Waals surface area contributed by atoms with Crippen LogP contribution in [0.25, 0.3) is 0 Å². The number of phenols is 2. The summed E-state index contributed by atoms with van der Waals surface area (Å²) in [5, 5.41) is 25.6. The molecule has 1 amide bonds. The van der Waals surface area contributed by atoms with E-state index in [1.807, 2.05) is 13.8 Å². The Hall–Kier alpha value is -2.50. The van der Waals surface area contributed by atoms with Crippen LogP contribution in [0.1, 0.15) is 46.8 Å². The molecule has 2 aromatic rings. The molecule has 0 aliphatic heterocycles. The average Bonchev–Trinajstić information content (AvgIpc) is 2.74. The zero-order valence-electron chi connectivity index (χ0n) is 12.2. The molecule has 0 radical (unpaired) electrons. The van der Waals surface area contributed by atoms with Crippen molar-refractivity contribution in [3.63, 3.8) is 0 Å². The molecule has 0 unspecified atom stereocenters. The molecule has 1 aromatic carbocycles. The van der Waals surface area contributed by atoms with E-state index in [-0.39, 0.29) is 29.0 Å². The average molecular weight is 290 g/mol. The highest BCUT2D eigenvalue weighted by Crippen LogP contribution is 2.25. The first-order valence-corrected chi connectivity index (χ1v) is 6.69. The molecule has 0 fully saturated rings. The van der Waals surface area contributed by atoms with E-state index in [4.69, 9.17) is 4.52 Å². The topological polar surface area (TPSA) is 95.6 Å². The standard InChI is InChI=1S/C15H18N2O4/c1-4-13(14-8(2)17-21-9(14)3)16-15(20)10-5-11(18)7-12(19)6-10/h5-7,13,18-19H,4H2,1-3H3,(H,16,20)/t13-/m0/s1. The van der Waals surface area contributed by atoms with Gasteiger partial charge in [-0.2, -0.15) is 0 Å². The van der Waals surface area contributed by atoms with Crippen LogP contribution in [0, 0.1) is 13.8 Å². The quantitative estimate of drug-likeness (QED) is 0.804. The molecule has 1 heterocycles. The van der Waals surface area contributed by atoms with Crippen LogP contribution < -0.4 is 5.32 Å². The first-order valence-electron chi connectivity index (χ1n) is 6.69. The third kappa shape index (κ3) is 3.16. The normalized spacial score (nSPS) is 12.1. The Labute approximate surface area is 122 Å². The molecule has 21 heavy (non-hydrogen) atoms. The SMILES string of the molecule is CC[C@H](NC(=O)c1cc(O)cc(O)c1)c1c(C)noc1C. The molecule has 1 atom stereocenters. The van der Waals surface area contributed by atoms with Crippen molar-refractivity contribution in [3.05, 3.63) is 40.8 Å². The maximum absolute atomic E-state index is 12.3. The number of hydrogen-bond donors (Lipinski definition) is 3.